The Labute approximate surface area is 213 Å². The molecule has 4 aromatic rings. The van der Waals surface area contributed by atoms with E-state index in [0.29, 0.717) is 40.1 Å². The number of amides is 1. The summed E-state index contributed by atoms with van der Waals surface area (Å²) in [5.74, 6) is -1.67. The zero-order valence-electron chi connectivity index (χ0n) is 20.8. The number of aromatic carboxylic acids is 1. The van der Waals surface area contributed by atoms with E-state index in [4.69, 9.17) is 5.11 Å². The number of fused-ring (bicyclic) bond motifs is 1. The zero-order chi connectivity index (χ0) is 26.1. The first-order valence-corrected chi connectivity index (χ1v) is 12.6. The SMILES string of the molecule is CCc1cc(C(=O)N2CCCCC[C@H]2C)nc2cc(-c3ccc(-c4ccc(C(=O)O)nc4)cc3F)nn12. The molecule has 37 heavy (non-hydrogen) atoms. The van der Waals surface area contributed by atoms with Gasteiger partial charge in [0.2, 0.25) is 0 Å². The maximum Gasteiger partial charge on any atom is 0.354 e. The second-order valence-electron chi connectivity index (χ2n) is 9.41. The van der Waals surface area contributed by atoms with Gasteiger partial charge in [-0.15, -0.1) is 0 Å². The van der Waals surface area contributed by atoms with Crippen molar-refractivity contribution in [2.75, 3.05) is 6.54 Å². The molecular formula is C28H28FN5O3. The molecule has 1 saturated heterocycles. The Morgan fingerprint density at radius 2 is 1.86 bits per heavy atom. The van der Waals surface area contributed by atoms with Gasteiger partial charge in [-0.25, -0.2) is 23.7 Å². The monoisotopic (exact) mass is 501 g/mol. The number of carbonyl (C=O) groups excluding carboxylic acids is 1. The molecule has 3 aromatic heterocycles. The van der Waals surface area contributed by atoms with Crippen molar-refractivity contribution >= 4 is 17.5 Å². The van der Waals surface area contributed by atoms with E-state index in [1.54, 1.807) is 34.8 Å². The first kappa shape index (κ1) is 24.5. The molecule has 1 aliphatic heterocycles. The van der Waals surface area contributed by atoms with E-state index in [1.807, 2.05) is 11.8 Å². The highest BCUT2D eigenvalue weighted by Crippen LogP contribution is 2.28. The van der Waals surface area contributed by atoms with Crippen molar-refractivity contribution in [1.29, 1.82) is 0 Å². The number of rotatable bonds is 5. The number of aromatic nitrogens is 4. The molecule has 1 aromatic carbocycles. The summed E-state index contributed by atoms with van der Waals surface area (Å²) in [5, 5.41) is 13.6. The highest BCUT2D eigenvalue weighted by atomic mass is 19.1. The van der Waals surface area contributed by atoms with Gasteiger partial charge in [-0.1, -0.05) is 31.9 Å². The van der Waals surface area contributed by atoms with E-state index < -0.39 is 11.8 Å². The van der Waals surface area contributed by atoms with E-state index in [1.165, 1.54) is 18.3 Å². The minimum absolute atomic E-state index is 0.0760. The smallest absolute Gasteiger partial charge is 0.354 e. The standard InChI is InChI=1S/C28H28FN5O3/c1-3-20-14-25(27(35)33-12-6-4-5-7-17(33)2)31-26-15-24(32-34(20)26)21-10-8-18(13-22(21)29)19-9-11-23(28(36)37)30-16-19/h8-11,13-17H,3-7,12H2,1-2H3,(H,36,37)/t17-/m1/s1. The third kappa shape index (κ3) is 4.81. The first-order chi connectivity index (χ1) is 17.9. The molecule has 8 nitrogen and oxygen atoms in total. The van der Waals surface area contributed by atoms with Crippen LogP contribution in [0.15, 0.2) is 48.7 Å². The lowest BCUT2D eigenvalue weighted by atomic mass is 10.0. The summed E-state index contributed by atoms with van der Waals surface area (Å²) in [6, 6.07) is 11.4. The summed E-state index contributed by atoms with van der Waals surface area (Å²) < 4.78 is 16.9. The Balaban J connectivity index is 1.48. The topological polar surface area (TPSA) is 101 Å². The van der Waals surface area contributed by atoms with Crippen molar-refractivity contribution in [2.24, 2.45) is 0 Å². The quantitative estimate of drug-likeness (QED) is 0.400. The fraction of sp³-hybridized carbons (Fsp3) is 0.321. The average molecular weight is 502 g/mol. The molecule has 4 heterocycles. The third-order valence-corrected chi connectivity index (χ3v) is 6.96. The minimum atomic E-state index is -1.12. The number of aryl methyl sites for hydroxylation is 1. The van der Waals surface area contributed by atoms with Crippen LogP contribution < -0.4 is 0 Å². The molecule has 0 bridgehead atoms. The van der Waals surface area contributed by atoms with Crippen molar-refractivity contribution in [3.05, 3.63) is 71.6 Å². The Bertz CT molecular complexity index is 1480. The minimum Gasteiger partial charge on any atom is -0.477 e. The Kier molecular flexibility index (Phi) is 6.69. The van der Waals surface area contributed by atoms with Crippen molar-refractivity contribution in [3.8, 4) is 22.4 Å². The summed E-state index contributed by atoms with van der Waals surface area (Å²) in [5.41, 5.74) is 3.53. The molecular weight excluding hydrogens is 473 g/mol. The molecule has 1 fully saturated rings. The summed E-state index contributed by atoms with van der Waals surface area (Å²) in [6.07, 6.45) is 6.27. The molecule has 0 spiro atoms. The van der Waals surface area contributed by atoms with Gasteiger partial charge in [0.15, 0.2) is 5.65 Å². The summed E-state index contributed by atoms with van der Waals surface area (Å²) in [7, 11) is 0. The van der Waals surface area contributed by atoms with Crippen LogP contribution in [0.5, 0.6) is 0 Å². The van der Waals surface area contributed by atoms with Crippen LogP contribution in [0, 0.1) is 5.82 Å². The molecule has 0 unspecified atom stereocenters. The number of carbonyl (C=O) groups is 2. The maximum atomic E-state index is 15.2. The second-order valence-corrected chi connectivity index (χ2v) is 9.41. The summed E-state index contributed by atoms with van der Waals surface area (Å²) in [4.78, 5) is 34.8. The Morgan fingerprint density at radius 1 is 1.05 bits per heavy atom. The average Bonchev–Trinajstić information content (AvgIpc) is 3.21. The van der Waals surface area contributed by atoms with E-state index in [9.17, 15) is 9.59 Å². The molecule has 1 amide bonds. The molecule has 1 atom stereocenters. The highest BCUT2D eigenvalue weighted by molar-refractivity contribution is 5.93. The van der Waals surface area contributed by atoms with Gasteiger partial charge in [0.1, 0.15) is 17.2 Å². The van der Waals surface area contributed by atoms with Crippen molar-refractivity contribution in [1.82, 2.24) is 24.5 Å². The van der Waals surface area contributed by atoms with Crippen molar-refractivity contribution < 1.29 is 19.1 Å². The molecule has 5 rings (SSSR count). The van der Waals surface area contributed by atoms with Crippen LogP contribution in [0.25, 0.3) is 28.0 Å². The van der Waals surface area contributed by atoms with Crippen molar-refractivity contribution in [3.63, 3.8) is 0 Å². The lowest BCUT2D eigenvalue weighted by Gasteiger charge is -2.27. The second kappa shape index (κ2) is 10.1. The number of pyridine rings is 1. The number of carboxylic acid groups (broad SMARTS) is 1. The molecule has 1 aliphatic rings. The van der Waals surface area contributed by atoms with Gasteiger partial charge in [0.05, 0.1) is 5.69 Å². The molecule has 190 valence electrons. The lowest BCUT2D eigenvalue weighted by Crippen LogP contribution is -2.38. The van der Waals surface area contributed by atoms with Gasteiger partial charge in [-0.05, 0) is 56.0 Å². The van der Waals surface area contributed by atoms with Crippen LogP contribution in [0.1, 0.15) is 66.2 Å². The number of nitrogens with zero attached hydrogens (tertiary/aromatic N) is 5. The number of benzene rings is 1. The van der Waals surface area contributed by atoms with Gasteiger partial charge < -0.3 is 10.0 Å². The lowest BCUT2D eigenvalue weighted by molar-refractivity contribution is 0.0682. The van der Waals surface area contributed by atoms with Gasteiger partial charge >= 0.3 is 5.97 Å². The van der Waals surface area contributed by atoms with Crippen LogP contribution in [0.3, 0.4) is 0 Å². The summed E-state index contributed by atoms with van der Waals surface area (Å²) >= 11 is 0. The Hall–Kier alpha value is -4.14. The number of halogens is 1. The number of likely N-dealkylation sites (tertiary alicyclic amines) is 1. The Morgan fingerprint density at radius 3 is 2.57 bits per heavy atom. The molecule has 9 heteroatoms. The van der Waals surface area contributed by atoms with E-state index in [0.717, 1.165) is 37.9 Å². The molecule has 0 saturated carbocycles. The van der Waals surface area contributed by atoms with Gasteiger partial charge in [-0.2, -0.15) is 5.10 Å². The fourth-order valence-corrected chi connectivity index (χ4v) is 4.85. The predicted molar refractivity (Wildman–Crippen MR) is 137 cm³/mol. The first-order valence-electron chi connectivity index (χ1n) is 12.6. The number of hydrogen-bond acceptors (Lipinski definition) is 5. The van der Waals surface area contributed by atoms with Crippen LogP contribution in [0.2, 0.25) is 0 Å². The van der Waals surface area contributed by atoms with Crippen LogP contribution in [0.4, 0.5) is 4.39 Å². The van der Waals surface area contributed by atoms with Gasteiger partial charge in [-0.3, -0.25) is 4.79 Å². The van der Waals surface area contributed by atoms with E-state index in [2.05, 4.69) is 22.0 Å². The van der Waals surface area contributed by atoms with Gasteiger partial charge in [0, 0.05) is 41.7 Å². The summed E-state index contributed by atoms with van der Waals surface area (Å²) in [6.45, 7) is 4.80. The van der Waals surface area contributed by atoms with Gasteiger partial charge in [0.25, 0.3) is 5.91 Å². The van der Waals surface area contributed by atoms with E-state index in [-0.39, 0.29) is 17.6 Å². The normalized spacial score (nSPS) is 16.1. The van der Waals surface area contributed by atoms with Crippen LogP contribution in [-0.4, -0.2) is 54.1 Å². The largest absolute Gasteiger partial charge is 0.477 e. The molecule has 0 radical (unpaired) electrons. The number of hydrogen-bond donors (Lipinski definition) is 1. The molecule has 1 N–H and O–H groups in total. The number of carboxylic acids is 1. The van der Waals surface area contributed by atoms with Crippen LogP contribution in [-0.2, 0) is 6.42 Å². The third-order valence-electron chi connectivity index (χ3n) is 6.96. The molecule has 0 aliphatic carbocycles. The maximum absolute atomic E-state index is 15.2. The van der Waals surface area contributed by atoms with E-state index >= 15 is 4.39 Å². The van der Waals surface area contributed by atoms with Crippen LogP contribution >= 0.6 is 0 Å². The zero-order valence-corrected chi connectivity index (χ0v) is 20.8. The predicted octanol–water partition coefficient (Wildman–Crippen LogP) is 5.26. The fourth-order valence-electron chi connectivity index (χ4n) is 4.85. The highest BCUT2D eigenvalue weighted by Gasteiger charge is 2.25. The van der Waals surface area contributed by atoms with Crippen molar-refractivity contribution in [2.45, 2.75) is 52.0 Å².